The van der Waals surface area contributed by atoms with Gasteiger partial charge in [0.25, 0.3) is 5.91 Å². The summed E-state index contributed by atoms with van der Waals surface area (Å²) in [5, 5.41) is 15.6. The molecule has 1 aromatic carbocycles. The molecule has 7 heteroatoms. The Labute approximate surface area is 145 Å². The van der Waals surface area contributed by atoms with Gasteiger partial charge in [-0.2, -0.15) is 0 Å². The van der Waals surface area contributed by atoms with Gasteiger partial charge < -0.3 is 15.6 Å². The maximum Gasteiger partial charge on any atom is 0.273 e. The van der Waals surface area contributed by atoms with E-state index in [2.05, 4.69) is 38.1 Å². The molecule has 3 aromatic rings. The third-order valence-electron chi connectivity index (χ3n) is 4.78. The van der Waals surface area contributed by atoms with Crippen LogP contribution in [0.5, 0.6) is 0 Å². The number of rotatable bonds is 5. The molecule has 0 saturated carbocycles. The summed E-state index contributed by atoms with van der Waals surface area (Å²) in [6, 6.07) is 8.51. The number of hydrogen-bond donors (Lipinski definition) is 3. The first-order chi connectivity index (χ1) is 12.3. The minimum Gasteiger partial charge on any atom is -0.361 e. The molecular weight excluding hydrogens is 316 g/mol. The van der Waals surface area contributed by atoms with Crippen LogP contribution in [0.4, 0.5) is 0 Å². The SMILES string of the molecule is O=C(NCCc1c[nH]c2ccccc12)c1cn(C2CCNCC2)nn1. The maximum absolute atomic E-state index is 12.3. The Kier molecular flexibility index (Phi) is 4.47. The molecule has 4 rings (SSSR count). The van der Waals surface area contributed by atoms with Crippen molar-refractivity contribution < 1.29 is 4.79 Å². The van der Waals surface area contributed by atoms with Crippen molar-refractivity contribution in [3.63, 3.8) is 0 Å². The van der Waals surface area contributed by atoms with E-state index in [0.717, 1.165) is 37.9 Å². The number of piperidine rings is 1. The number of para-hydroxylation sites is 1. The Balaban J connectivity index is 1.34. The zero-order chi connectivity index (χ0) is 17.1. The molecule has 0 bridgehead atoms. The minimum absolute atomic E-state index is 0.167. The molecule has 25 heavy (non-hydrogen) atoms. The number of nitrogens with zero attached hydrogens (tertiary/aromatic N) is 3. The van der Waals surface area contributed by atoms with Crippen molar-refractivity contribution in [1.29, 1.82) is 0 Å². The second kappa shape index (κ2) is 7.06. The number of aromatic nitrogens is 4. The number of nitrogens with one attached hydrogen (secondary N) is 3. The first-order valence-electron chi connectivity index (χ1n) is 8.77. The first-order valence-corrected chi connectivity index (χ1v) is 8.77. The molecule has 1 aliphatic rings. The fourth-order valence-electron chi connectivity index (χ4n) is 3.37. The number of fused-ring (bicyclic) bond motifs is 1. The standard InChI is InChI=1S/C18H22N6O/c25-18(17-12-24(23-22-17)14-6-8-19-9-7-14)20-10-5-13-11-21-16-4-2-1-3-15(13)16/h1-4,11-12,14,19,21H,5-10H2,(H,20,25). The van der Waals surface area contributed by atoms with E-state index in [0.29, 0.717) is 18.3 Å². The monoisotopic (exact) mass is 338 g/mol. The van der Waals surface area contributed by atoms with Gasteiger partial charge in [-0.3, -0.25) is 4.79 Å². The number of benzene rings is 1. The van der Waals surface area contributed by atoms with Gasteiger partial charge >= 0.3 is 0 Å². The smallest absolute Gasteiger partial charge is 0.273 e. The summed E-state index contributed by atoms with van der Waals surface area (Å²) < 4.78 is 1.83. The Morgan fingerprint density at radius 3 is 3.00 bits per heavy atom. The van der Waals surface area contributed by atoms with E-state index in [1.165, 1.54) is 10.9 Å². The van der Waals surface area contributed by atoms with Crippen molar-refractivity contribution in [2.75, 3.05) is 19.6 Å². The lowest BCUT2D eigenvalue weighted by atomic mass is 10.1. The van der Waals surface area contributed by atoms with E-state index in [1.807, 2.05) is 23.0 Å². The summed E-state index contributed by atoms with van der Waals surface area (Å²) in [7, 11) is 0. The zero-order valence-electron chi connectivity index (χ0n) is 14.0. The van der Waals surface area contributed by atoms with Crippen LogP contribution in [0.15, 0.2) is 36.7 Å². The van der Waals surface area contributed by atoms with Crippen LogP contribution in [0, 0.1) is 0 Å². The van der Waals surface area contributed by atoms with Crippen LogP contribution in [0.25, 0.3) is 10.9 Å². The normalized spacial score (nSPS) is 15.5. The van der Waals surface area contributed by atoms with Crippen LogP contribution in [0.3, 0.4) is 0 Å². The van der Waals surface area contributed by atoms with Crippen LogP contribution in [-0.4, -0.2) is 45.5 Å². The van der Waals surface area contributed by atoms with E-state index in [9.17, 15) is 4.79 Å². The number of amides is 1. The summed E-state index contributed by atoms with van der Waals surface area (Å²) in [6.45, 7) is 2.54. The highest BCUT2D eigenvalue weighted by Crippen LogP contribution is 2.18. The van der Waals surface area contributed by atoms with Crippen molar-refractivity contribution in [2.45, 2.75) is 25.3 Å². The third-order valence-corrected chi connectivity index (χ3v) is 4.78. The van der Waals surface area contributed by atoms with Crippen molar-refractivity contribution in [3.05, 3.63) is 47.9 Å². The molecule has 0 unspecified atom stereocenters. The predicted octanol–water partition coefficient (Wildman–Crippen LogP) is 1.66. The lowest BCUT2D eigenvalue weighted by Crippen LogP contribution is -2.29. The van der Waals surface area contributed by atoms with E-state index in [1.54, 1.807) is 6.20 Å². The fourth-order valence-corrected chi connectivity index (χ4v) is 3.37. The van der Waals surface area contributed by atoms with E-state index >= 15 is 0 Å². The minimum atomic E-state index is -0.167. The van der Waals surface area contributed by atoms with Gasteiger partial charge in [-0.15, -0.1) is 5.10 Å². The van der Waals surface area contributed by atoms with Gasteiger partial charge in [-0.05, 0) is 44.0 Å². The van der Waals surface area contributed by atoms with Gasteiger partial charge in [0.1, 0.15) is 0 Å². The lowest BCUT2D eigenvalue weighted by Gasteiger charge is -2.22. The molecule has 3 heterocycles. The molecule has 0 aliphatic carbocycles. The molecule has 7 nitrogen and oxygen atoms in total. The molecule has 1 amide bonds. The van der Waals surface area contributed by atoms with Gasteiger partial charge in [0, 0.05) is 23.6 Å². The second-order valence-electron chi connectivity index (χ2n) is 6.43. The van der Waals surface area contributed by atoms with Gasteiger partial charge in [0.05, 0.1) is 12.2 Å². The van der Waals surface area contributed by atoms with Crippen LogP contribution >= 0.6 is 0 Å². The molecule has 1 fully saturated rings. The van der Waals surface area contributed by atoms with Crippen molar-refractivity contribution in [1.82, 2.24) is 30.6 Å². The number of aromatic amines is 1. The average molecular weight is 338 g/mol. The van der Waals surface area contributed by atoms with Gasteiger partial charge in [0.2, 0.25) is 0 Å². The molecule has 2 aromatic heterocycles. The number of H-pyrrole nitrogens is 1. The summed E-state index contributed by atoms with van der Waals surface area (Å²) >= 11 is 0. The molecule has 130 valence electrons. The average Bonchev–Trinajstić information content (AvgIpc) is 3.30. The van der Waals surface area contributed by atoms with E-state index < -0.39 is 0 Å². The van der Waals surface area contributed by atoms with E-state index in [-0.39, 0.29) is 5.91 Å². The number of carbonyl (C=O) groups excluding carboxylic acids is 1. The molecule has 1 saturated heterocycles. The van der Waals surface area contributed by atoms with Crippen LogP contribution < -0.4 is 10.6 Å². The van der Waals surface area contributed by atoms with Crippen LogP contribution in [-0.2, 0) is 6.42 Å². The Hall–Kier alpha value is -2.67. The molecule has 0 spiro atoms. The highest BCUT2D eigenvalue weighted by atomic mass is 16.2. The summed E-state index contributed by atoms with van der Waals surface area (Å²) in [5.74, 6) is -0.167. The lowest BCUT2D eigenvalue weighted by molar-refractivity contribution is 0.0949. The summed E-state index contributed by atoms with van der Waals surface area (Å²) in [4.78, 5) is 15.5. The van der Waals surface area contributed by atoms with Crippen molar-refractivity contribution >= 4 is 16.8 Å². The van der Waals surface area contributed by atoms with Crippen molar-refractivity contribution in [3.8, 4) is 0 Å². The summed E-state index contributed by atoms with van der Waals surface area (Å²) in [5.41, 5.74) is 2.71. The molecular formula is C18H22N6O. The fraction of sp³-hybridized carbons (Fsp3) is 0.389. The van der Waals surface area contributed by atoms with Crippen molar-refractivity contribution in [2.24, 2.45) is 0 Å². The Morgan fingerprint density at radius 1 is 1.28 bits per heavy atom. The highest BCUT2D eigenvalue weighted by molar-refractivity contribution is 5.91. The molecule has 3 N–H and O–H groups in total. The molecule has 0 atom stereocenters. The number of carbonyl (C=O) groups is 1. The number of hydrogen-bond acceptors (Lipinski definition) is 4. The van der Waals surface area contributed by atoms with Crippen LogP contribution in [0.2, 0.25) is 0 Å². The highest BCUT2D eigenvalue weighted by Gasteiger charge is 2.18. The topological polar surface area (TPSA) is 87.6 Å². The summed E-state index contributed by atoms with van der Waals surface area (Å²) in [6.07, 6.45) is 6.58. The molecule has 0 radical (unpaired) electrons. The zero-order valence-corrected chi connectivity index (χ0v) is 14.0. The quantitative estimate of drug-likeness (QED) is 0.660. The van der Waals surface area contributed by atoms with Gasteiger partial charge in [-0.1, -0.05) is 23.4 Å². The third kappa shape index (κ3) is 3.41. The first kappa shape index (κ1) is 15.8. The van der Waals surface area contributed by atoms with Gasteiger partial charge in [-0.25, -0.2) is 4.68 Å². The van der Waals surface area contributed by atoms with Crippen LogP contribution in [0.1, 0.15) is 34.9 Å². The Bertz CT molecular complexity index is 861. The second-order valence-corrected chi connectivity index (χ2v) is 6.43. The Morgan fingerprint density at radius 2 is 2.12 bits per heavy atom. The maximum atomic E-state index is 12.3. The molecule has 1 aliphatic heterocycles. The van der Waals surface area contributed by atoms with Gasteiger partial charge in [0.15, 0.2) is 5.69 Å². The largest absolute Gasteiger partial charge is 0.361 e. The predicted molar refractivity (Wildman–Crippen MR) is 95.5 cm³/mol. The van der Waals surface area contributed by atoms with E-state index in [4.69, 9.17) is 0 Å².